The van der Waals surface area contributed by atoms with Crippen molar-refractivity contribution in [2.45, 2.75) is 25.2 Å². The maximum absolute atomic E-state index is 12.8. The summed E-state index contributed by atoms with van der Waals surface area (Å²) in [6.07, 6.45) is -8.46. The highest BCUT2D eigenvalue weighted by Gasteiger charge is 2.44. The Hall–Kier alpha value is -0.920. The normalized spacial score (nSPS) is 16.9. The second kappa shape index (κ2) is 5.13. The molecule has 0 bridgehead atoms. The largest absolute Gasteiger partial charge is 0.417 e. The van der Waals surface area contributed by atoms with Crippen molar-refractivity contribution in [1.82, 2.24) is 0 Å². The monoisotopic (exact) mass is 361 g/mol. The van der Waals surface area contributed by atoms with Crippen LogP contribution >= 0.6 is 15.9 Å². The summed E-state index contributed by atoms with van der Waals surface area (Å²) in [6, 6.07) is 1.09. The van der Waals surface area contributed by atoms with Crippen LogP contribution in [0.15, 0.2) is 16.6 Å². The average Bonchev–Trinajstić information content (AvgIpc) is 2.79. The van der Waals surface area contributed by atoms with E-state index in [2.05, 4.69) is 15.9 Å². The molecule has 0 saturated carbocycles. The van der Waals surface area contributed by atoms with E-state index in [4.69, 9.17) is 0 Å². The van der Waals surface area contributed by atoms with Gasteiger partial charge in [0.25, 0.3) is 0 Å². The lowest BCUT2D eigenvalue weighted by Crippen LogP contribution is -2.22. The molecule has 112 valence electrons. The van der Waals surface area contributed by atoms with Crippen molar-refractivity contribution >= 4 is 21.6 Å². The molecule has 0 amide bonds. The van der Waals surface area contributed by atoms with Crippen molar-refractivity contribution in [2.75, 3.05) is 18.0 Å². The van der Waals surface area contributed by atoms with Gasteiger partial charge in [-0.1, -0.05) is 0 Å². The Kier molecular flexibility index (Phi) is 3.96. The summed E-state index contributed by atoms with van der Waals surface area (Å²) < 4.78 is 76.8. The van der Waals surface area contributed by atoms with Gasteiger partial charge in [0.15, 0.2) is 0 Å². The van der Waals surface area contributed by atoms with Crippen LogP contribution in [0, 0.1) is 0 Å². The summed E-state index contributed by atoms with van der Waals surface area (Å²) in [4.78, 5) is 1.65. The standard InChI is InChI=1S/C12H10BrF6N/c13-9-5-7(11(14,15)16)8(12(17,18)19)6-10(9)20-3-1-2-4-20/h5-6H,1-4H2. The smallest absolute Gasteiger partial charge is 0.371 e. The molecule has 8 heteroatoms. The van der Waals surface area contributed by atoms with E-state index >= 15 is 0 Å². The molecule has 1 aliphatic rings. The third-order valence-corrected chi connectivity index (χ3v) is 3.78. The van der Waals surface area contributed by atoms with E-state index in [0.29, 0.717) is 25.2 Å². The number of nitrogens with zero attached hydrogens (tertiary/aromatic N) is 1. The fourth-order valence-corrected chi connectivity index (χ4v) is 2.83. The van der Waals surface area contributed by atoms with E-state index in [-0.39, 0.29) is 10.2 Å². The van der Waals surface area contributed by atoms with Crippen molar-refractivity contribution < 1.29 is 26.3 Å². The maximum atomic E-state index is 12.8. The van der Waals surface area contributed by atoms with E-state index in [1.807, 2.05) is 0 Å². The molecule has 1 aromatic carbocycles. The Bertz CT molecular complexity index is 502. The number of hydrogen-bond donors (Lipinski definition) is 0. The molecule has 0 unspecified atom stereocenters. The lowest BCUT2D eigenvalue weighted by molar-refractivity contribution is -0.162. The Balaban J connectivity index is 2.58. The molecule has 0 aromatic heterocycles. The predicted molar refractivity (Wildman–Crippen MR) is 65.6 cm³/mol. The van der Waals surface area contributed by atoms with Crippen LogP contribution in [0.3, 0.4) is 0 Å². The van der Waals surface area contributed by atoms with Gasteiger partial charge in [-0.3, -0.25) is 0 Å². The van der Waals surface area contributed by atoms with Gasteiger partial charge in [-0.15, -0.1) is 0 Å². The summed E-state index contributed by atoms with van der Waals surface area (Å²) in [5.41, 5.74) is -3.15. The van der Waals surface area contributed by atoms with E-state index in [0.717, 1.165) is 12.8 Å². The number of anilines is 1. The molecule has 2 rings (SSSR count). The molecule has 1 aliphatic heterocycles. The summed E-state index contributed by atoms with van der Waals surface area (Å²) in [7, 11) is 0. The molecule has 1 saturated heterocycles. The molecule has 0 N–H and O–H groups in total. The van der Waals surface area contributed by atoms with Crippen LogP contribution in [-0.4, -0.2) is 13.1 Å². The van der Waals surface area contributed by atoms with E-state index in [1.54, 1.807) is 4.90 Å². The third kappa shape index (κ3) is 3.05. The summed E-state index contributed by atoms with van der Waals surface area (Å²) in [6.45, 7) is 1.09. The molecule has 1 nitrogen and oxygen atoms in total. The van der Waals surface area contributed by atoms with Crippen molar-refractivity contribution in [3.8, 4) is 0 Å². The number of benzene rings is 1. The topological polar surface area (TPSA) is 3.24 Å². The first-order chi connectivity index (χ1) is 9.10. The van der Waals surface area contributed by atoms with Crippen LogP contribution in [-0.2, 0) is 12.4 Å². The lowest BCUT2D eigenvalue weighted by atomic mass is 10.0. The van der Waals surface area contributed by atoms with Gasteiger partial charge in [0, 0.05) is 17.6 Å². The van der Waals surface area contributed by atoms with Gasteiger partial charge in [0.1, 0.15) is 0 Å². The average molecular weight is 362 g/mol. The molecule has 1 heterocycles. The number of halogens is 7. The van der Waals surface area contributed by atoms with Crippen molar-refractivity contribution in [1.29, 1.82) is 0 Å². The van der Waals surface area contributed by atoms with Crippen LogP contribution < -0.4 is 4.90 Å². The molecular formula is C12H10BrF6N. The fraction of sp³-hybridized carbons (Fsp3) is 0.500. The minimum atomic E-state index is -5.04. The van der Waals surface area contributed by atoms with Crippen molar-refractivity contribution in [3.63, 3.8) is 0 Å². The van der Waals surface area contributed by atoms with E-state index in [9.17, 15) is 26.3 Å². The first-order valence-corrected chi connectivity index (χ1v) is 6.63. The maximum Gasteiger partial charge on any atom is 0.417 e. The molecule has 0 radical (unpaired) electrons. The highest BCUT2D eigenvalue weighted by molar-refractivity contribution is 9.10. The van der Waals surface area contributed by atoms with Crippen LogP contribution in [0.25, 0.3) is 0 Å². The molecule has 0 spiro atoms. The van der Waals surface area contributed by atoms with Crippen LogP contribution in [0.2, 0.25) is 0 Å². The van der Waals surface area contributed by atoms with E-state index in [1.165, 1.54) is 0 Å². The second-order valence-electron chi connectivity index (χ2n) is 4.54. The van der Waals surface area contributed by atoms with Gasteiger partial charge in [0.2, 0.25) is 0 Å². The molecule has 0 atom stereocenters. The molecule has 0 aliphatic carbocycles. The Morgan fingerprint density at radius 1 is 0.850 bits per heavy atom. The van der Waals surface area contributed by atoms with E-state index < -0.39 is 23.5 Å². The third-order valence-electron chi connectivity index (χ3n) is 3.14. The van der Waals surface area contributed by atoms with Gasteiger partial charge in [-0.2, -0.15) is 26.3 Å². The zero-order chi connectivity index (χ0) is 15.1. The summed E-state index contributed by atoms with van der Waals surface area (Å²) in [5.74, 6) is 0. The van der Waals surface area contributed by atoms with Gasteiger partial charge < -0.3 is 4.90 Å². The highest BCUT2D eigenvalue weighted by atomic mass is 79.9. The minimum Gasteiger partial charge on any atom is -0.371 e. The lowest BCUT2D eigenvalue weighted by Gasteiger charge is -2.23. The van der Waals surface area contributed by atoms with Crippen molar-refractivity contribution in [2.24, 2.45) is 0 Å². The predicted octanol–water partition coefficient (Wildman–Crippen LogP) is 5.09. The van der Waals surface area contributed by atoms with Gasteiger partial charge in [-0.05, 0) is 40.9 Å². The first-order valence-electron chi connectivity index (χ1n) is 5.83. The van der Waals surface area contributed by atoms with Gasteiger partial charge in [-0.25, -0.2) is 0 Å². The van der Waals surface area contributed by atoms with Crippen LogP contribution in [0.5, 0.6) is 0 Å². The number of alkyl halides is 6. The van der Waals surface area contributed by atoms with Gasteiger partial charge in [0.05, 0.1) is 16.8 Å². The number of hydrogen-bond acceptors (Lipinski definition) is 1. The molecule has 20 heavy (non-hydrogen) atoms. The molecular weight excluding hydrogens is 352 g/mol. The highest BCUT2D eigenvalue weighted by Crippen LogP contribution is 2.44. The first kappa shape index (κ1) is 15.5. The Morgan fingerprint density at radius 2 is 1.30 bits per heavy atom. The fourth-order valence-electron chi connectivity index (χ4n) is 2.23. The van der Waals surface area contributed by atoms with Crippen LogP contribution in [0.4, 0.5) is 32.0 Å². The molecule has 1 fully saturated rings. The second-order valence-corrected chi connectivity index (χ2v) is 5.39. The Labute approximate surface area is 119 Å². The zero-order valence-electron chi connectivity index (χ0n) is 10.1. The zero-order valence-corrected chi connectivity index (χ0v) is 11.7. The summed E-state index contributed by atoms with van der Waals surface area (Å²) in [5, 5.41) is 0. The quantitative estimate of drug-likeness (QED) is 0.630. The molecule has 1 aromatic rings. The number of rotatable bonds is 1. The Morgan fingerprint density at radius 3 is 1.75 bits per heavy atom. The van der Waals surface area contributed by atoms with Crippen LogP contribution in [0.1, 0.15) is 24.0 Å². The van der Waals surface area contributed by atoms with Gasteiger partial charge >= 0.3 is 12.4 Å². The summed E-state index contributed by atoms with van der Waals surface area (Å²) >= 11 is 2.94. The minimum absolute atomic E-state index is 0.0275. The van der Waals surface area contributed by atoms with Crippen molar-refractivity contribution in [3.05, 3.63) is 27.7 Å². The SMILES string of the molecule is FC(F)(F)c1cc(Br)c(N2CCCC2)cc1C(F)(F)F.